The van der Waals surface area contributed by atoms with E-state index in [1.165, 1.54) is 17.6 Å². The van der Waals surface area contributed by atoms with E-state index >= 15 is 0 Å². The maximum Gasteiger partial charge on any atom is 0.123 e. The Morgan fingerprint density at radius 1 is 1.47 bits per heavy atom. The first-order chi connectivity index (χ1) is 8.20. The SMILES string of the molecule is CCNC1CSCC1Cc1cc(F)ccc1Br. The van der Waals surface area contributed by atoms with E-state index in [4.69, 9.17) is 0 Å². The van der Waals surface area contributed by atoms with E-state index in [2.05, 4.69) is 28.2 Å². The van der Waals surface area contributed by atoms with Gasteiger partial charge in [-0.1, -0.05) is 22.9 Å². The summed E-state index contributed by atoms with van der Waals surface area (Å²) in [5.74, 6) is 2.80. The zero-order valence-corrected chi connectivity index (χ0v) is 12.3. The molecule has 0 aromatic heterocycles. The van der Waals surface area contributed by atoms with E-state index < -0.39 is 0 Å². The van der Waals surface area contributed by atoms with Crippen LogP contribution in [0.15, 0.2) is 22.7 Å². The summed E-state index contributed by atoms with van der Waals surface area (Å²) in [6, 6.07) is 5.52. The molecule has 0 bridgehead atoms. The van der Waals surface area contributed by atoms with Crippen LogP contribution in [0.4, 0.5) is 4.39 Å². The minimum Gasteiger partial charge on any atom is -0.313 e. The average molecular weight is 318 g/mol. The highest BCUT2D eigenvalue weighted by atomic mass is 79.9. The Hall–Kier alpha value is -0.0600. The van der Waals surface area contributed by atoms with E-state index in [1.807, 2.05) is 11.8 Å². The van der Waals surface area contributed by atoms with Gasteiger partial charge in [-0.25, -0.2) is 4.39 Å². The second-order valence-electron chi connectivity index (χ2n) is 4.40. The van der Waals surface area contributed by atoms with Crippen LogP contribution in [-0.4, -0.2) is 24.1 Å². The van der Waals surface area contributed by atoms with Crippen molar-refractivity contribution < 1.29 is 4.39 Å². The predicted octanol–water partition coefficient (Wildman–Crippen LogP) is 3.47. The van der Waals surface area contributed by atoms with E-state index in [0.29, 0.717) is 12.0 Å². The van der Waals surface area contributed by atoms with Crippen LogP contribution in [0.1, 0.15) is 12.5 Å². The molecule has 0 radical (unpaired) electrons. The third kappa shape index (κ3) is 3.46. The molecule has 4 heteroatoms. The Morgan fingerprint density at radius 3 is 3.06 bits per heavy atom. The Morgan fingerprint density at radius 2 is 2.29 bits per heavy atom. The smallest absolute Gasteiger partial charge is 0.123 e. The first kappa shape index (κ1) is 13.4. The lowest BCUT2D eigenvalue weighted by molar-refractivity contribution is 0.432. The van der Waals surface area contributed by atoms with Gasteiger partial charge in [-0.05, 0) is 48.4 Å². The highest BCUT2D eigenvalue weighted by molar-refractivity contribution is 9.10. The van der Waals surface area contributed by atoms with Crippen molar-refractivity contribution in [3.63, 3.8) is 0 Å². The lowest BCUT2D eigenvalue weighted by atomic mass is 9.95. The second-order valence-corrected chi connectivity index (χ2v) is 6.33. The van der Waals surface area contributed by atoms with Gasteiger partial charge in [0.25, 0.3) is 0 Å². The summed E-state index contributed by atoms with van der Waals surface area (Å²) in [4.78, 5) is 0. The standard InChI is InChI=1S/C13H17BrFNS/c1-2-16-13-8-17-7-10(13)5-9-6-11(15)3-4-12(9)14/h3-4,6,10,13,16H,2,5,7-8H2,1H3. The van der Waals surface area contributed by atoms with Gasteiger partial charge in [0.2, 0.25) is 0 Å². The van der Waals surface area contributed by atoms with Crippen LogP contribution in [0.2, 0.25) is 0 Å². The van der Waals surface area contributed by atoms with E-state index in [-0.39, 0.29) is 5.82 Å². The van der Waals surface area contributed by atoms with E-state index in [0.717, 1.165) is 23.0 Å². The fourth-order valence-electron chi connectivity index (χ4n) is 2.27. The molecule has 2 atom stereocenters. The van der Waals surface area contributed by atoms with E-state index in [9.17, 15) is 4.39 Å². The van der Waals surface area contributed by atoms with Crippen LogP contribution in [0, 0.1) is 11.7 Å². The third-order valence-electron chi connectivity index (χ3n) is 3.15. The molecular formula is C13H17BrFNS. The van der Waals surface area contributed by atoms with Crippen molar-refractivity contribution in [2.75, 3.05) is 18.1 Å². The summed E-state index contributed by atoms with van der Waals surface area (Å²) in [6.45, 7) is 3.14. The van der Waals surface area contributed by atoms with Crippen molar-refractivity contribution in [3.8, 4) is 0 Å². The number of thioether (sulfide) groups is 1. The second kappa shape index (κ2) is 6.21. The largest absolute Gasteiger partial charge is 0.313 e. The highest BCUT2D eigenvalue weighted by Crippen LogP contribution is 2.30. The summed E-state index contributed by atoms with van der Waals surface area (Å²) in [5, 5.41) is 3.52. The van der Waals surface area contributed by atoms with Crippen molar-refractivity contribution in [1.82, 2.24) is 5.32 Å². The lowest BCUT2D eigenvalue weighted by Crippen LogP contribution is -2.36. The molecule has 1 heterocycles. The average Bonchev–Trinajstić information content (AvgIpc) is 2.72. The first-order valence-electron chi connectivity index (χ1n) is 5.95. The molecule has 1 nitrogen and oxygen atoms in total. The van der Waals surface area contributed by atoms with Gasteiger partial charge in [0.1, 0.15) is 5.82 Å². The zero-order chi connectivity index (χ0) is 12.3. The molecule has 0 spiro atoms. The maximum absolute atomic E-state index is 13.2. The summed E-state index contributed by atoms with van der Waals surface area (Å²) in [7, 11) is 0. The molecule has 17 heavy (non-hydrogen) atoms. The molecule has 94 valence electrons. The fraction of sp³-hybridized carbons (Fsp3) is 0.538. The molecule has 0 amide bonds. The summed E-state index contributed by atoms with van der Waals surface area (Å²) < 4.78 is 14.2. The Labute approximate surface area is 115 Å². The Balaban J connectivity index is 2.06. The molecular weight excluding hydrogens is 301 g/mol. The number of rotatable bonds is 4. The van der Waals surface area contributed by atoms with Gasteiger partial charge in [0, 0.05) is 16.3 Å². The molecule has 1 aliphatic heterocycles. The molecule has 1 aromatic rings. The van der Waals surface area contributed by atoms with Gasteiger partial charge in [-0.3, -0.25) is 0 Å². The van der Waals surface area contributed by atoms with Gasteiger partial charge < -0.3 is 5.32 Å². The lowest BCUT2D eigenvalue weighted by Gasteiger charge is -2.20. The van der Waals surface area contributed by atoms with Crippen LogP contribution in [0.5, 0.6) is 0 Å². The molecule has 1 fully saturated rings. The topological polar surface area (TPSA) is 12.0 Å². The van der Waals surface area contributed by atoms with Crippen LogP contribution >= 0.6 is 27.7 Å². The molecule has 1 saturated heterocycles. The molecule has 0 aliphatic carbocycles. The molecule has 1 aliphatic rings. The summed E-state index contributed by atoms with van der Waals surface area (Å²) in [5.41, 5.74) is 1.08. The summed E-state index contributed by atoms with van der Waals surface area (Å²) >= 11 is 5.49. The van der Waals surface area contributed by atoms with Gasteiger partial charge >= 0.3 is 0 Å². The molecule has 2 unspecified atom stereocenters. The molecule has 1 aromatic carbocycles. The molecule has 0 saturated carbocycles. The number of halogens is 2. The van der Waals surface area contributed by atoms with Crippen molar-refractivity contribution in [2.45, 2.75) is 19.4 Å². The van der Waals surface area contributed by atoms with Gasteiger partial charge in [-0.2, -0.15) is 11.8 Å². The number of benzene rings is 1. The number of nitrogens with one attached hydrogen (secondary N) is 1. The monoisotopic (exact) mass is 317 g/mol. The first-order valence-corrected chi connectivity index (χ1v) is 7.90. The van der Waals surface area contributed by atoms with Crippen molar-refractivity contribution in [1.29, 1.82) is 0 Å². The molecule has 2 rings (SSSR count). The van der Waals surface area contributed by atoms with Gasteiger partial charge in [0.05, 0.1) is 0 Å². The maximum atomic E-state index is 13.2. The van der Waals surface area contributed by atoms with Crippen molar-refractivity contribution >= 4 is 27.7 Å². The fourth-order valence-corrected chi connectivity index (χ4v) is 4.11. The number of hydrogen-bond acceptors (Lipinski definition) is 2. The quantitative estimate of drug-likeness (QED) is 0.912. The third-order valence-corrected chi connectivity index (χ3v) is 5.19. The van der Waals surface area contributed by atoms with E-state index in [1.54, 1.807) is 12.1 Å². The van der Waals surface area contributed by atoms with Crippen LogP contribution in [0.25, 0.3) is 0 Å². The van der Waals surface area contributed by atoms with Crippen molar-refractivity contribution in [2.24, 2.45) is 5.92 Å². The van der Waals surface area contributed by atoms with Crippen LogP contribution in [-0.2, 0) is 6.42 Å². The van der Waals surface area contributed by atoms with Crippen LogP contribution in [0.3, 0.4) is 0 Å². The number of hydrogen-bond donors (Lipinski definition) is 1. The normalized spacial score (nSPS) is 24.2. The van der Waals surface area contributed by atoms with Crippen LogP contribution < -0.4 is 5.32 Å². The minimum absolute atomic E-state index is 0.145. The minimum atomic E-state index is -0.145. The molecule has 1 N–H and O–H groups in total. The Kier molecular flexibility index (Phi) is 4.88. The van der Waals surface area contributed by atoms with Crippen molar-refractivity contribution in [3.05, 3.63) is 34.1 Å². The highest BCUT2D eigenvalue weighted by Gasteiger charge is 2.27. The predicted molar refractivity (Wildman–Crippen MR) is 76.1 cm³/mol. The summed E-state index contributed by atoms with van der Waals surface area (Å²) in [6.07, 6.45) is 0.947. The zero-order valence-electron chi connectivity index (χ0n) is 9.88. The Bertz CT molecular complexity index is 386. The van der Waals surface area contributed by atoms with Gasteiger partial charge in [0.15, 0.2) is 0 Å². The van der Waals surface area contributed by atoms with Gasteiger partial charge in [-0.15, -0.1) is 0 Å².